The summed E-state index contributed by atoms with van der Waals surface area (Å²) in [7, 11) is 1.65. The Hall–Kier alpha value is -1.88. The number of anilines is 1. The Balaban J connectivity index is 2.38. The molecular weight excluding hydrogens is 254 g/mol. The van der Waals surface area contributed by atoms with Gasteiger partial charge in [-0.15, -0.1) is 0 Å². The van der Waals surface area contributed by atoms with E-state index in [1.807, 2.05) is 26.0 Å². The largest absolute Gasteiger partial charge is 0.398 e. The number of nitrogens with two attached hydrogens (primary N) is 1. The topological polar surface area (TPSA) is 74.2 Å². The number of ether oxygens (including phenoxy) is 1. The fraction of sp³-hybridized carbons (Fsp3) is 0.467. The molecule has 0 radical (unpaired) electrons. The first kappa shape index (κ1) is 14.5. The van der Waals surface area contributed by atoms with Crippen molar-refractivity contribution in [3.8, 4) is 11.5 Å². The zero-order valence-electron chi connectivity index (χ0n) is 12.4. The monoisotopic (exact) mass is 275 g/mol. The van der Waals surface area contributed by atoms with E-state index in [0.29, 0.717) is 17.4 Å². The maximum atomic E-state index is 6.10. The molecule has 0 amide bonds. The van der Waals surface area contributed by atoms with Gasteiger partial charge in [-0.3, -0.25) is 0 Å². The highest BCUT2D eigenvalue weighted by atomic mass is 16.5. The molecule has 0 fully saturated rings. The molecule has 1 aromatic carbocycles. The molecule has 1 heterocycles. The van der Waals surface area contributed by atoms with Gasteiger partial charge in [0.05, 0.1) is 5.56 Å². The van der Waals surface area contributed by atoms with Gasteiger partial charge in [0.1, 0.15) is 6.10 Å². The molecule has 20 heavy (non-hydrogen) atoms. The van der Waals surface area contributed by atoms with Crippen LogP contribution in [-0.2, 0) is 4.74 Å². The van der Waals surface area contributed by atoms with Gasteiger partial charge < -0.3 is 15.0 Å². The fourth-order valence-electron chi connectivity index (χ4n) is 2.25. The first-order valence-electron chi connectivity index (χ1n) is 6.80. The van der Waals surface area contributed by atoms with Gasteiger partial charge in [0.2, 0.25) is 5.82 Å². The van der Waals surface area contributed by atoms with Crippen LogP contribution in [0.25, 0.3) is 11.5 Å². The average Bonchev–Trinajstić information content (AvgIpc) is 2.89. The third kappa shape index (κ3) is 2.82. The summed E-state index contributed by atoms with van der Waals surface area (Å²) < 4.78 is 10.7. The molecule has 1 unspecified atom stereocenters. The Morgan fingerprint density at radius 3 is 2.75 bits per heavy atom. The normalized spacial score (nSPS) is 12.6. The lowest BCUT2D eigenvalue weighted by atomic mass is 10.0. The summed E-state index contributed by atoms with van der Waals surface area (Å²) in [5, 5.41) is 4.02. The Labute approximate surface area is 119 Å². The van der Waals surface area contributed by atoms with E-state index >= 15 is 0 Å². The van der Waals surface area contributed by atoms with Crippen LogP contribution < -0.4 is 5.73 Å². The molecule has 0 saturated carbocycles. The van der Waals surface area contributed by atoms with E-state index in [4.69, 9.17) is 15.0 Å². The van der Waals surface area contributed by atoms with E-state index in [2.05, 4.69) is 17.1 Å². The van der Waals surface area contributed by atoms with Crippen molar-refractivity contribution >= 4 is 5.69 Å². The summed E-state index contributed by atoms with van der Waals surface area (Å²) in [6, 6.07) is 3.99. The van der Waals surface area contributed by atoms with Crippen LogP contribution in [0.2, 0.25) is 0 Å². The second-order valence-electron chi connectivity index (χ2n) is 5.01. The summed E-state index contributed by atoms with van der Waals surface area (Å²) >= 11 is 0. The van der Waals surface area contributed by atoms with Crippen molar-refractivity contribution in [2.75, 3.05) is 12.8 Å². The average molecular weight is 275 g/mol. The Morgan fingerprint density at radius 2 is 2.10 bits per heavy atom. The van der Waals surface area contributed by atoms with Crippen molar-refractivity contribution < 1.29 is 9.26 Å². The number of benzene rings is 1. The van der Waals surface area contributed by atoms with Crippen LogP contribution in [0.15, 0.2) is 16.7 Å². The van der Waals surface area contributed by atoms with Crippen molar-refractivity contribution in [2.24, 2.45) is 0 Å². The lowest BCUT2D eigenvalue weighted by Crippen LogP contribution is -2.03. The van der Waals surface area contributed by atoms with Crippen LogP contribution in [0.3, 0.4) is 0 Å². The van der Waals surface area contributed by atoms with Crippen LogP contribution in [-0.4, -0.2) is 17.3 Å². The lowest BCUT2D eigenvalue weighted by molar-refractivity contribution is 0.0854. The van der Waals surface area contributed by atoms with Gasteiger partial charge in [-0.05, 0) is 37.5 Å². The molecule has 5 heteroatoms. The summed E-state index contributed by atoms with van der Waals surface area (Å²) in [6.07, 6.45) is 1.72. The number of methoxy groups -OCH3 is 1. The zero-order valence-corrected chi connectivity index (χ0v) is 12.4. The van der Waals surface area contributed by atoms with Gasteiger partial charge in [0.15, 0.2) is 0 Å². The number of nitrogens with zero attached hydrogens (tertiary/aromatic N) is 2. The highest BCUT2D eigenvalue weighted by Gasteiger charge is 2.19. The third-order valence-electron chi connectivity index (χ3n) is 3.33. The van der Waals surface area contributed by atoms with E-state index < -0.39 is 0 Å². The molecule has 0 aliphatic heterocycles. The molecule has 1 aromatic heterocycles. The van der Waals surface area contributed by atoms with E-state index in [9.17, 15) is 0 Å². The van der Waals surface area contributed by atoms with Crippen molar-refractivity contribution in [1.82, 2.24) is 10.1 Å². The Morgan fingerprint density at radius 1 is 1.35 bits per heavy atom. The standard InChI is InChI=1S/C15H21N3O2/c1-5-6-12(19-4)14-17-15(20-18-14)11-8-9(2)7-10(3)13(11)16/h7-8,12H,5-6,16H2,1-4H3. The first-order valence-corrected chi connectivity index (χ1v) is 6.80. The molecule has 0 aliphatic carbocycles. The van der Waals surface area contributed by atoms with Gasteiger partial charge in [-0.25, -0.2) is 0 Å². The minimum absolute atomic E-state index is 0.135. The molecular formula is C15H21N3O2. The van der Waals surface area contributed by atoms with Crippen LogP contribution >= 0.6 is 0 Å². The smallest absolute Gasteiger partial charge is 0.260 e. The van der Waals surface area contributed by atoms with Gasteiger partial charge in [0, 0.05) is 12.8 Å². The third-order valence-corrected chi connectivity index (χ3v) is 3.33. The molecule has 0 aliphatic rings. The van der Waals surface area contributed by atoms with Crippen molar-refractivity contribution in [1.29, 1.82) is 0 Å². The SMILES string of the molecule is CCCC(OC)c1noc(-c2cc(C)cc(C)c2N)n1. The molecule has 1 atom stereocenters. The summed E-state index contributed by atoms with van der Waals surface area (Å²) in [5.41, 5.74) is 9.69. The molecule has 5 nitrogen and oxygen atoms in total. The molecule has 0 bridgehead atoms. The van der Waals surface area contributed by atoms with E-state index in [0.717, 1.165) is 29.5 Å². The molecule has 2 N–H and O–H groups in total. The van der Waals surface area contributed by atoms with E-state index in [-0.39, 0.29) is 6.10 Å². The van der Waals surface area contributed by atoms with Crippen molar-refractivity contribution in [2.45, 2.75) is 39.7 Å². The molecule has 108 valence electrons. The maximum absolute atomic E-state index is 6.10. The first-order chi connectivity index (χ1) is 9.56. The number of rotatable bonds is 5. The fourth-order valence-corrected chi connectivity index (χ4v) is 2.25. The van der Waals surface area contributed by atoms with Crippen LogP contribution in [0, 0.1) is 13.8 Å². The van der Waals surface area contributed by atoms with Crippen LogP contribution in [0.1, 0.15) is 42.8 Å². The van der Waals surface area contributed by atoms with Gasteiger partial charge in [-0.2, -0.15) is 4.98 Å². The second-order valence-corrected chi connectivity index (χ2v) is 5.01. The predicted octanol–water partition coefficient (Wildman–Crippen LogP) is 3.42. The van der Waals surface area contributed by atoms with Crippen LogP contribution in [0.4, 0.5) is 5.69 Å². The second kappa shape index (κ2) is 6.05. The number of nitrogen functional groups attached to an aromatic ring is 1. The highest BCUT2D eigenvalue weighted by molar-refractivity contribution is 5.74. The lowest BCUT2D eigenvalue weighted by Gasteiger charge is -2.08. The molecule has 2 aromatic rings. The summed E-state index contributed by atoms with van der Waals surface area (Å²) in [4.78, 5) is 4.43. The minimum Gasteiger partial charge on any atom is -0.398 e. The van der Waals surface area contributed by atoms with E-state index in [1.165, 1.54) is 0 Å². The number of hydrogen-bond donors (Lipinski definition) is 1. The predicted molar refractivity (Wildman–Crippen MR) is 78.3 cm³/mol. The Kier molecular flexibility index (Phi) is 4.39. The number of aromatic nitrogens is 2. The van der Waals surface area contributed by atoms with Crippen molar-refractivity contribution in [3.63, 3.8) is 0 Å². The summed E-state index contributed by atoms with van der Waals surface area (Å²) in [5.74, 6) is 1.02. The maximum Gasteiger partial charge on any atom is 0.260 e. The van der Waals surface area contributed by atoms with Crippen LogP contribution in [0.5, 0.6) is 0 Å². The van der Waals surface area contributed by atoms with Crippen molar-refractivity contribution in [3.05, 3.63) is 29.1 Å². The van der Waals surface area contributed by atoms with Gasteiger partial charge in [-0.1, -0.05) is 24.6 Å². The van der Waals surface area contributed by atoms with Gasteiger partial charge >= 0.3 is 0 Å². The minimum atomic E-state index is -0.135. The molecule has 2 rings (SSSR count). The zero-order chi connectivity index (χ0) is 14.7. The highest BCUT2D eigenvalue weighted by Crippen LogP contribution is 2.30. The Bertz CT molecular complexity index is 593. The molecule has 0 spiro atoms. The molecule has 0 saturated heterocycles. The van der Waals surface area contributed by atoms with E-state index in [1.54, 1.807) is 7.11 Å². The quantitative estimate of drug-likeness (QED) is 0.846. The summed E-state index contributed by atoms with van der Waals surface area (Å²) in [6.45, 7) is 6.08. The number of aryl methyl sites for hydroxylation is 2. The van der Waals surface area contributed by atoms with Gasteiger partial charge in [0.25, 0.3) is 5.89 Å². The number of hydrogen-bond acceptors (Lipinski definition) is 5.